The molecule has 49 heavy (non-hydrogen) atoms. The van der Waals surface area contributed by atoms with E-state index in [-0.39, 0.29) is 36.8 Å². The Labute approximate surface area is 284 Å². The number of carboxylic acids is 1. The molecule has 1 aliphatic heterocycles. The summed E-state index contributed by atoms with van der Waals surface area (Å²) in [7, 11) is 0. The van der Waals surface area contributed by atoms with Gasteiger partial charge >= 0.3 is 5.97 Å². The number of hydrogen-bond donors (Lipinski definition) is 5. The summed E-state index contributed by atoms with van der Waals surface area (Å²) in [5, 5.41) is 19.0. The van der Waals surface area contributed by atoms with E-state index in [9.17, 15) is 38.4 Å². The largest absolute Gasteiger partial charge is 0.480 e. The lowest BCUT2D eigenvalue weighted by atomic mass is 9.92. The molecule has 2 aliphatic rings. The van der Waals surface area contributed by atoms with Crippen LogP contribution in [0.3, 0.4) is 0 Å². The summed E-state index contributed by atoms with van der Waals surface area (Å²) in [5.74, 6) is -8.23. The third kappa shape index (κ3) is 9.89. The van der Waals surface area contributed by atoms with E-state index in [4.69, 9.17) is 5.11 Å². The first-order valence-electron chi connectivity index (χ1n) is 16.7. The van der Waals surface area contributed by atoms with Gasteiger partial charge in [0, 0.05) is 37.2 Å². The molecule has 5 N–H and O–H groups in total. The number of unbranched alkanes of at least 4 members (excludes halogenated alkanes) is 2. The second-order valence-electron chi connectivity index (χ2n) is 13.2. The second-order valence-corrected chi connectivity index (χ2v) is 13.2. The van der Waals surface area contributed by atoms with Crippen molar-refractivity contribution >= 4 is 47.1 Å². The third-order valence-corrected chi connectivity index (χ3v) is 8.96. The van der Waals surface area contributed by atoms with Crippen LogP contribution in [0.4, 0.5) is 0 Å². The fourth-order valence-electron chi connectivity index (χ4n) is 6.30. The van der Waals surface area contributed by atoms with Crippen LogP contribution < -0.4 is 21.3 Å². The number of ketones is 2. The first-order valence-corrected chi connectivity index (χ1v) is 16.7. The summed E-state index contributed by atoms with van der Waals surface area (Å²) in [6, 6.07) is -4.64. The maximum Gasteiger partial charge on any atom is 0.322 e. The van der Waals surface area contributed by atoms with Gasteiger partial charge in [-0.15, -0.1) is 0 Å². The number of nitrogens with zero attached hydrogens (tertiary/aromatic N) is 3. The highest BCUT2D eigenvalue weighted by Crippen LogP contribution is 2.41. The lowest BCUT2D eigenvalue weighted by Gasteiger charge is -2.33. The number of aliphatic carboxylic acids is 1. The zero-order valence-electron chi connectivity index (χ0n) is 28.6. The molecule has 1 aromatic rings. The lowest BCUT2D eigenvalue weighted by molar-refractivity contribution is -0.145. The van der Waals surface area contributed by atoms with Crippen LogP contribution in [0.2, 0.25) is 0 Å². The van der Waals surface area contributed by atoms with Crippen molar-refractivity contribution in [2.24, 2.45) is 23.7 Å². The van der Waals surface area contributed by atoms with Crippen LogP contribution in [0.1, 0.15) is 83.6 Å². The van der Waals surface area contributed by atoms with Crippen molar-refractivity contribution in [2.75, 3.05) is 13.1 Å². The van der Waals surface area contributed by atoms with Crippen molar-refractivity contribution in [3.05, 3.63) is 24.3 Å². The molecule has 3 rings (SSSR count). The predicted octanol–water partition coefficient (Wildman–Crippen LogP) is 0.0129. The first-order chi connectivity index (χ1) is 23.2. The minimum absolute atomic E-state index is 0.00501. The normalized spacial score (nSPS) is 20.3. The molecule has 16 heteroatoms. The highest BCUT2D eigenvalue weighted by atomic mass is 16.4. The molecule has 5 amide bonds. The Balaban J connectivity index is 1.85. The minimum atomic E-state index is -1.34. The first kappa shape index (κ1) is 38.7. The van der Waals surface area contributed by atoms with Gasteiger partial charge in [0.1, 0.15) is 36.1 Å². The summed E-state index contributed by atoms with van der Waals surface area (Å²) in [5.41, 5.74) is 0.00501. The van der Waals surface area contributed by atoms with Crippen LogP contribution in [-0.4, -0.2) is 104 Å². The molecule has 0 radical (unpaired) electrons. The Hall–Kier alpha value is -4.76. The van der Waals surface area contributed by atoms with Crippen molar-refractivity contribution in [3.63, 3.8) is 0 Å². The molecule has 0 spiro atoms. The van der Waals surface area contributed by atoms with Gasteiger partial charge in [0.25, 0.3) is 11.8 Å². The van der Waals surface area contributed by atoms with E-state index in [1.807, 2.05) is 12.2 Å². The summed E-state index contributed by atoms with van der Waals surface area (Å²) >= 11 is 0. The van der Waals surface area contributed by atoms with Gasteiger partial charge in [-0.1, -0.05) is 53.9 Å². The number of amides is 5. The molecule has 0 aromatic carbocycles. The van der Waals surface area contributed by atoms with Crippen molar-refractivity contribution in [1.82, 2.24) is 36.1 Å². The average Bonchev–Trinajstić information content (AvgIpc) is 3.62. The quantitative estimate of drug-likeness (QED) is 0.108. The summed E-state index contributed by atoms with van der Waals surface area (Å²) in [6.45, 7) is 7.96. The van der Waals surface area contributed by atoms with Crippen molar-refractivity contribution in [3.8, 4) is 0 Å². The summed E-state index contributed by atoms with van der Waals surface area (Å²) < 4.78 is 0. The van der Waals surface area contributed by atoms with Crippen LogP contribution in [-0.2, 0) is 33.6 Å². The molecule has 1 aliphatic carbocycles. The zero-order valence-corrected chi connectivity index (χ0v) is 28.6. The topological polar surface area (TPSA) is 234 Å². The zero-order chi connectivity index (χ0) is 36.4. The van der Waals surface area contributed by atoms with E-state index >= 15 is 0 Å². The number of carboxylic acid groups (broad SMARTS) is 1. The van der Waals surface area contributed by atoms with Gasteiger partial charge in [-0.05, 0) is 24.7 Å². The highest BCUT2D eigenvalue weighted by molar-refractivity contribution is 6.38. The van der Waals surface area contributed by atoms with Crippen LogP contribution in [0, 0.1) is 23.7 Å². The molecule has 2 fully saturated rings. The number of likely N-dealkylation sites (tertiary alicyclic amines) is 1. The molecule has 1 saturated carbocycles. The predicted molar refractivity (Wildman–Crippen MR) is 173 cm³/mol. The number of rotatable bonds is 17. The van der Waals surface area contributed by atoms with Gasteiger partial charge < -0.3 is 31.3 Å². The fourth-order valence-corrected chi connectivity index (χ4v) is 6.30. The van der Waals surface area contributed by atoms with Gasteiger partial charge in [-0.3, -0.25) is 43.3 Å². The Morgan fingerprint density at radius 3 is 2.24 bits per heavy atom. The maximum atomic E-state index is 14.2. The molecule has 1 unspecified atom stereocenters. The second kappa shape index (κ2) is 17.6. The molecule has 0 bridgehead atoms. The van der Waals surface area contributed by atoms with E-state index in [2.05, 4.69) is 25.9 Å². The number of aromatic nitrogens is 2. The molecule has 1 aromatic heterocycles. The van der Waals surface area contributed by atoms with E-state index in [0.29, 0.717) is 19.3 Å². The average molecular weight is 686 g/mol. The summed E-state index contributed by atoms with van der Waals surface area (Å²) in [6.07, 6.45) is 6.65. The van der Waals surface area contributed by atoms with Crippen molar-refractivity contribution < 1.29 is 43.5 Å². The van der Waals surface area contributed by atoms with Gasteiger partial charge in [-0.2, -0.15) is 0 Å². The number of nitrogens with one attached hydrogen (secondary N) is 4. The van der Waals surface area contributed by atoms with E-state index in [1.54, 1.807) is 27.7 Å². The maximum absolute atomic E-state index is 14.2. The van der Waals surface area contributed by atoms with Crippen LogP contribution in [0.5, 0.6) is 0 Å². The number of Topliss-reactive ketones (excluding diaryl/α,β-unsaturated/α-hetero) is 2. The molecule has 16 nitrogen and oxygen atoms in total. The monoisotopic (exact) mass is 685 g/mol. The third-order valence-electron chi connectivity index (χ3n) is 8.96. The standard InChI is InChI=1S/C33H47N7O9/c1-6-7-8-9-21(28(44)32(48)36-15-24(42)43)37-31(47)27-19-10-11-23(41)20(19)16-40(27)33(49)26(18(4)5)39-30(46)25(17(2)3)38-29(45)22-14-34-12-13-35-22/h12-14,17-21,25-27H,6-11,15-16H2,1-5H3,(H,36,48)(H,37,47)(H,38,45)(H,39,46)(H,42,43)/t19-,20-,21?,25-,26-,27-/m0/s1. The van der Waals surface area contributed by atoms with Gasteiger partial charge in [0.05, 0.1) is 12.2 Å². The molecule has 2 heterocycles. The van der Waals surface area contributed by atoms with Gasteiger partial charge in [-0.25, -0.2) is 4.98 Å². The Morgan fingerprint density at radius 2 is 1.65 bits per heavy atom. The Bertz CT molecular complexity index is 1420. The number of fused-ring (bicyclic) bond motifs is 1. The van der Waals surface area contributed by atoms with Crippen LogP contribution in [0.15, 0.2) is 18.6 Å². The van der Waals surface area contributed by atoms with Crippen LogP contribution >= 0.6 is 0 Å². The molecule has 6 atom stereocenters. The minimum Gasteiger partial charge on any atom is -0.480 e. The van der Waals surface area contributed by atoms with E-state index < -0.39 is 89.8 Å². The van der Waals surface area contributed by atoms with E-state index in [0.717, 1.165) is 6.42 Å². The summed E-state index contributed by atoms with van der Waals surface area (Å²) in [4.78, 5) is 113. The number of carbonyl (C=O) groups excluding carboxylic acids is 7. The molecular weight excluding hydrogens is 638 g/mol. The van der Waals surface area contributed by atoms with Crippen LogP contribution in [0.25, 0.3) is 0 Å². The molecular formula is C33H47N7O9. The smallest absolute Gasteiger partial charge is 0.322 e. The molecule has 1 saturated heterocycles. The lowest BCUT2D eigenvalue weighted by Crippen LogP contribution is -2.60. The van der Waals surface area contributed by atoms with E-state index in [1.165, 1.54) is 23.5 Å². The van der Waals surface area contributed by atoms with Gasteiger partial charge in [0.2, 0.25) is 23.5 Å². The van der Waals surface area contributed by atoms with Crippen molar-refractivity contribution in [1.29, 1.82) is 0 Å². The Morgan fingerprint density at radius 1 is 0.959 bits per heavy atom. The fraction of sp³-hybridized carbons (Fsp3) is 0.636. The number of hydrogen-bond acceptors (Lipinski definition) is 10. The SMILES string of the molecule is CCCCCC(NC(=O)[C@@H]1[C@H]2CCC(=O)[C@H]2CN1C(=O)[C@@H](NC(=O)[C@@H](NC(=O)c1cnccn1)C(C)C)C(C)C)C(=O)C(=O)NCC(=O)O. The number of carbonyl (C=O) groups is 8. The van der Waals surface area contributed by atoms with Gasteiger partial charge in [0.15, 0.2) is 0 Å². The van der Waals surface area contributed by atoms with Crippen molar-refractivity contribution in [2.45, 2.75) is 97.3 Å². The molecule has 268 valence electrons. The Kier molecular flexibility index (Phi) is 13.9. The highest BCUT2D eigenvalue weighted by Gasteiger charge is 2.54.